The summed E-state index contributed by atoms with van der Waals surface area (Å²) in [4.78, 5) is 15.7. The van der Waals surface area contributed by atoms with Crippen molar-refractivity contribution in [2.24, 2.45) is 0 Å². The Morgan fingerprint density at radius 3 is 2.72 bits per heavy atom. The molecule has 0 bridgehead atoms. The average molecular weight is 432 g/mol. The first-order valence-corrected chi connectivity index (χ1v) is 11.2. The number of benzene rings is 1. The predicted molar refractivity (Wildman–Crippen MR) is 124 cm³/mol. The number of aromatic nitrogens is 3. The van der Waals surface area contributed by atoms with E-state index >= 15 is 0 Å². The van der Waals surface area contributed by atoms with Gasteiger partial charge in [0.2, 0.25) is 5.95 Å². The minimum absolute atomic E-state index is 0.119. The fraction of sp³-hybridized carbons (Fsp3) is 0.400. The molecule has 1 fully saturated rings. The molecule has 2 aliphatic heterocycles. The van der Waals surface area contributed by atoms with Gasteiger partial charge in [-0.3, -0.25) is 4.98 Å². The summed E-state index contributed by atoms with van der Waals surface area (Å²) >= 11 is 0. The lowest BCUT2D eigenvalue weighted by molar-refractivity contribution is 0.00794. The third kappa shape index (κ3) is 4.12. The van der Waals surface area contributed by atoms with Gasteiger partial charge in [-0.25, -0.2) is 4.98 Å². The highest BCUT2D eigenvalue weighted by molar-refractivity contribution is 5.57. The van der Waals surface area contributed by atoms with Crippen LogP contribution in [0.25, 0.3) is 0 Å². The number of aryl methyl sites for hydroxylation is 2. The molecule has 0 amide bonds. The van der Waals surface area contributed by atoms with Gasteiger partial charge in [0.1, 0.15) is 6.61 Å². The number of nitrogens with zero attached hydrogens (tertiary/aromatic N) is 4. The number of likely N-dealkylation sites (N-methyl/N-ethyl adjacent to an activating group) is 1. The minimum Gasteiger partial charge on any atom is -0.486 e. The van der Waals surface area contributed by atoms with E-state index in [9.17, 15) is 0 Å². The Labute approximate surface area is 188 Å². The van der Waals surface area contributed by atoms with E-state index in [2.05, 4.69) is 64.5 Å². The van der Waals surface area contributed by atoms with E-state index < -0.39 is 0 Å². The van der Waals surface area contributed by atoms with Crippen LogP contribution in [0.2, 0.25) is 0 Å². The lowest BCUT2D eigenvalue weighted by atomic mass is 9.99. The van der Waals surface area contributed by atoms with Crippen molar-refractivity contribution in [2.75, 3.05) is 30.5 Å². The van der Waals surface area contributed by atoms with Crippen LogP contribution >= 0.6 is 0 Å². The third-order valence-corrected chi connectivity index (χ3v) is 6.38. The van der Waals surface area contributed by atoms with Gasteiger partial charge in [-0.1, -0.05) is 24.3 Å². The van der Waals surface area contributed by atoms with Crippen molar-refractivity contribution in [1.29, 1.82) is 0 Å². The van der Waals surface area contributed by atoms with Crippen LogP contribution in [0.3, 0.4) is 0 Å². The summed E-state index contributed by atoms with van der Waals surface area (Å²) < 4.78 is 12.2. The molecule has 0 radical (unpaired) electrons. The van der Waals surface area contributed by atoms with Crippen molar-refractivity contribution < 1.29 is 9.47 Å². The number of anilines is 2. The molecule has 166 valence electrons. The molecule has 1 aromatic carbocycles. The third-order valence-electron chi connectivity index (χ3n) is 6.38. The maximum atomic E-state index is 6.14. The summed E-state index contributed by atoms with van der Waals surface area (Å²) in [6.45, 7) is 5.34. The Morgan fingerprint density at radius 1 is 1.06 bits per heavy atom. The summed E-state index contributed by atoms with van der Waals surface area (Å²) in [7, 11) is 2.07. The van der Waals surface area contributed by atoms with E-state index in [1.54, 1.807) is 6.20 Å². The van der Waals surface area contributed by atoms with Gasteiger partial charge in [-0.15, -0.1) is 0 Å². The largest absolute Gasteiger partial charge is 0.486 e. The Morgan fingerprint density at radius 2 is 1.94 bits per heavy atom. The molecule has 32 heavy (non-hydrogen) atoms. The van der Waals surface area contributed by atoms with E-state index in [0.29, 0.717) is 19.2 Å². The fourth-order valence-corrected chi connectivity index (χ4v) is 4.55. The highest BCUT2D eigenvalue weighted by atomic mass is 16.5. The second kappa shape index (κ2) is 8.74. The number of fused-ring (bicyclic) bond motifs is 1. The molecule has 3 aromatic rings. The molecule has 3 atom stereocenters. The van der Waals surface area contributed by atoms with Gasteiger partial charge in [-0.05, 0) is 55.5 Å². The summed E-state index contributed by atoms with van der Waals surface area (Å²) in [6.07, 6.45) is 5.67. The first kappa shape index (κ1) is 20.7. The first-order valence-electron chi connectivity index (χ1n) is 11.2. The Bertz CT molecular complexity index is 1100. The van der Waals surface area contributed by atoms with Crippen LogP contribution in [-0.2, 0) is 4.74 Å². The van der Waals surface area contributed by atoms with Crippen LogP contribution in [0.4, 0.5) is 11.8 Å². The minimum atomic E-state index is 0.119. The SMILES string of the molecule is Cc1cc([C@@H]2CC[C@@H](Nc3ncc4c(n3)N(C)C(c3ccccc3C)CO4)CO2)ccn1. The lowest BCUT2D eigenvalue weighted by Gasteiger charge is -2.36. The van der Waals surface area contributed by atoms with E-state index in [0.717, 1.165) is 30.1 Å². The smallest absolute Gasteiger partial charge is 0.225 e. The van der Waals surface area contributed by atoms with Crippen molar-refractivity contribution in [3.05, 3.63) is 71.2 Å². The van der Waals surface area contributed by atoms with Crippen LogP contribution < -0.4 is 15.0 Å². The lowest BCUT2D eigenvalue weighted by Crippen LogP contribution is -2.36. The molecular weight excluding hydrogens is 402 g/mol. The van der Waals surface area contributed by atoms with Gasteiger partial charge in [0.05, 0.1) is 31.0 Å². The van der Waals surface area contributed by atoms with Gasteiger partial charge >= 0.3 is 0 Å². The molecule has 1 saturated heterocycles. The molecule has 2 aromatic heterocycles. The van der Waals surface area contributed by atoms with Crippen LogP contribution in [-0.4, -0.2) is 41.3 Å². The molecule has 4 heterocycles. The topological polar surface area (TPSA) is 72.4 Å². The van der Waals surface area contributed by atoms with Crippen molar-refractivity contribution >= 4 is 11.8 Å². The molecule has 1 N–H and O–H groups in total. The van der Waals surface area contributed by atoms with Gasteiger partial charge in [0.25, 0.3) is 0 Å². The van der Waals surface area contributed by atoms with Crippen molar-refractivity contribution in [3.63, 3.8) is 0 Å². The number of hydrogen-bond donors (Lipinski definition) is 1. The number of hydrogen-bond acceptors (Lipinski definition) is 7. The summed E-state index contributed by atoms with van der Waals surface area (Å²) in [5.41, 5.74) is 4.72. The maximum absolute atomic E-state index is 6.14. The zero-order valence-electron chi connectivity index (χ0n) is 18.8. The summed E-state index contributed by atoms with van der Waals surface area (Å²) in [5, 5.41) is 3.46. The molecule has 0 spiro atoms. The quantitative estimate of drug-likeness (QED) is 0.657. The second-order valence-electron chi connectivity index (χ2n) is 8.65. The monoisotopic (exact) mass is 431 g/mol. The molecule has 2 aliphatic rings. The molecule has 0 saturated carbocycles. The predicted octanol–water partition coefficient (Wildman–Crippen LogP) is 4.39. The van der Waals surface area contributed by atoms with E-state index in [1.807, 2.05) is 19.2 Å². The van der Waals surface area contributed by atoms with Crippen LogP contribution in [0.15, 0.2) is 48.8 Å². The Kier molecular flexibility index (Phi) is 5.66. The highest BCUT2D eigenvalue weighted by Gasteiger charge is 2.30. The zero-order valence-corrected chi connectivity index (χ0v) is 18.8. The molecule has 5 rings (SSSR count). The number of rotatable bonds is 4. The number of ether oxygens (including phenoxy) is 2. The molecule has 7 nitrogen and oxygen atoms in total. The van der Waals surface area contributed by atoms with Crippen LogP contribution in [0, 0.1) is 13.8 Å². The Hall–Kier alpha value is -3.19. The van der Waals surface area contributed by atoms with Crippen LogP contribution in [0.5, 0.6) is 5.75 Å². The standard InChI is InChI=1S/C25H29N5O2/c1-16-6-4-5-7-20(16)21-15-32-23-13-27-25(29-24(23)30(21)3)28-19-8-9-22(31-14-19)18-10-11-26-17(2)12-18/h4-7,10-13,19,21-22H,8-9,14-15H2,1-3H3,(H,27,28,29)/t19-,21?,22+/m1/s1. The maximum Gasteiger partial charge on any atom is 0.225 e. The Balaban J connectivity index is 1.26. The van der Waals surface area contributed by atoms with Gasteiger partial charge < -0.3 is 19.7 Å². The fourth-order valence-electron chi connectivity index (χ4n) is 4.55. The van der Waals surface area contributed by atoms with E-state index in [1.165, 1.54) is 16.7 Å². The van der Waals surface area contributed by atoms with Gasteiger partial charge in [-0.2, -0.15) is 4.98 Å². The molecule has 0 aliphatic carbocycles. The zero-order chi connectivity index (χ0) is 22.1. The molecular formula is C25H29N5O2. The first-order chi connectivity index (χ1) is 15.6. The van der Waals surface area contributed by atoms with Gasteiger partial charge in [0.15, 0.2) is 11.6 Å². The number of pyridine rings is 1. The van der Waals surface area contributed by atoms with Gasteiger partial charge in [0, 0.05) is 18.9 Å². The van der Waals surface area contributed by atoms with E-state index in [-0.39, 0.29) is 18.2 Å². The van der Waals surface area contributed by atoms with Crippen molar-refractivity contribution in [2.45, 2.75) is 44.9 Å². The normalized spacial score (nSPS) is 22.7. The second-order valence-corrected chi connectivity index (χ2v) is 8.65. The average Bonchev–Trinajstić information content (AvgIpc) is 2.81. The van der Waals surface area contributed by atoms with Crippen molar-refractivity contribution in [3.8, 4) is 5.75 Å². The van der Waals surface area contributed by atoms with Crippen LogP contribution in [0.1, 0.15) is 47.4 Å². The summed E-state index contributed by atoms with van der Waals surface area (Å²) in [5.74, 6) is 2.14. The van der Waals surface area contributed by atoms with E-state index in [4.69, 9.17) is 14.5 Å². The highest BCUT2D eigenvalue weighted by Crippen LogP contribution is 2.38. The summed E-state index contributed by atoms with van der Waals surface area (Å²) in [6, 6.07) is 12.9. The molecule has 7 heteroatoms. The van der Waals surface area contributed by atoms with Crippen molar-refractivity contribution in [1.82, 2.24) is 15.0 Å². The number of nitrogens with one attached hydrogen (secondary N) is 1. The molecule has 1 unspecified atom stereocenters.